The normalized spacial score (nSPS) is 14.5. The Morgan fingerprint density at radius 2 is 2.04 bits per heavy atom. The molecule has 25 heavy (non-hydrogen) atoms. The summed E-state index contributed by atoms with van der Waals surface area (Å²) in [4.78, 5) is 14.1. The molecule has 0 radical (unpaired) electrons. The van der Waals surface area contributed by atoms with E-state index in [4.69, 9.17) is 0 Å². The van der Waals surface area contributed by atoms with Crippen LogP contribution in [0.3, 0.4) is 0 Å². The Morgan fingerprint density at radius 1 is 1.32 bits per heavy atom. The molecule has 1 amide bonds. The lowest BCUT2D eigenvalue weighted by molar-refractivity contribution is -0.116. The van der Waals surface area contributed by atoms with E-state index in [1.807, 2.05) is 38.1 Å². The predicted octanol–water partition coefficient (Wildman–Crippen LogP) is 1.28. The van der Waals surface area contributed by atoms with Crippen molar-refractivity contribution in [3.63, 3.8) is 0 Å². The van der Waals surface area contributed by atoms with Gasteiger partial charge in [0.1, 0.15) is 11.5 Å². The summed E-state index contributed by atoms with van der Waals surface area (Å²) in [5.74, 6) is -1.03. The Hall–Kier alpha value is -2.29. The summed E-state index contributed by atoms with van der Waals surface area (Å²) >= 11 is 0. The maximum atomic E-state index is 12.6. The Balaban J connectivity index is 1.74. The van der Waals surface area contributed by atoms with Crippen molar-refractivity contribution in [1.82, 2.24) is 20.2 Å². The molecule has 134 valence electrons. The van der Waals surface area contributed by atoms with Crippen molar-refractivity contribution in [3.05, 3.63) is 35.7 Å². The van der Waals surface area contributed by atoms with Crippen LogP contribution >= 0.6 is 0 Å². The zero-order chi connectivity index (χ0) is 18.0. The van der Waals surface area contributed by atoms with Crippen molar-refractivity contribution < 1.29 is 13.2 Å². The van der Waals surface area contributed by atoms with E-state index < -0.39 is 21.5 Å². The molecular formula is C16H21N5O3S. The number of nitrogens with zero attached hydrogens (tertiary/aromatic N) is 5. The summed E-state index contributed by atoms with van der Waals surface area (Å²) < 4.78 is 26.5. The van der Waals surface area contributed by atoms with Gasteiger partial charge in [-0.1, -0.05) is 18.2 Å². The molecule has 0 saturated heterocycles. The van der Waals surface area contributed by atoms with Crippen LogP contribution in [0.5, 0.6) is 0 Å². The van der Waals surface area contributed by atoms with E-state index in [0.29, 0.717) is 12.4 Å². The zero-order valence-electron chi connectivity index (χ0n) is 14.3. The standard InChI is InChI=1S/C16H21N5O3S/c1-3-20(14-7-5-4-6-12(14)2)16(22)11-25(23,24)10-15-17-18-19-21(15)13-8-9-13/h4-7,13H,3,8-11H2,1-2H3. The van der Waals surface area contributed by atoms with E-state index in [-0.39, 0.29) is 11.8 Å². The van der Waals surface area contributed by atoms with Crippen LogP contribution in [-0.2, 0) is 20.4 Å². The van der Waals surface area contributed by atoms with E-state index in [9.17, 15) is 13.2 Å². The Morgan fingerprint density at radius 3 is 2.68 bits per heavy atom. The second-order valence-corrected chi connectivity index (χ2v) is 8.29. The first kappa shape index (κ1) is 17.5. The molecule has 1 aromatic carbocycles. The molecule has 3 rings (SSSR count). The number of tetrazole rings is 1. The van der Waals surface area contributed by atoms with Gasteiger partial charge in [-0.05, 0) is 48.7 Å². The lowest BCUT2D eigenvalue weighted by Crippen LogP contribution is -2.36. The fraction of sp³-hybridized carbons (Fsp3) is 0.500. The van der Waals surface area contributed by atoms with E-state index in [1.54, 1.807) is 4.68 Å². The van der Waals surface area contributed by atoms with Crippen molar-refractivity contribution in [2.75, 3.05) is 17.2 Å². The summed E-state index contributed by atoms with van der Waals surface area (Å²) in [6, 6.07) is 7.61. The first-order chi connectivity index (χ1) is 11.9. The van der Waals surface area contributed by atoms with Crippen LogP contribution in [0, 0.1) is 6.92 Å². The second kappa shape index (κ2) is 6.91. The van der Waals surface area contributed by atoms with Crippen LogP contribution in [0.15, 0.2) is 24.3 Å². The van der Waals surface area contributed by atoms with Gasteiger partial charge >= 0.3 is 0 Å². The molecule has 1 aromatic heterocycles. The number of hydrogen-bond donors (Lipinski definition) is 0. The molecule has 0 spiro atoms. The van der Waals surface area contributed by atoms with Crippen molar-refractivity contribution in [1.29, 1.82) is 0 Å². The molecule has 1 fully saturated rings. The molecule has 8 nitrogen and oxygen atoms in total. The number of aromatic nitrogens is 4. The van der Waals surface area contributed by atoms with Crippen LogP contribution in [0.1, 0.15) is 37.2 Å². The van der Waals surface area contributed by atoms with E-state index >= 15 is 0 Å². The number of anilines is 1. The molecule has 1 aliphatic rings. The van der Waals surface area contributed by atoms with Crippen LogP contribution < -0.4 is 4.90 Å². The van der Waals surface area contributed by atoms with Gasteiger partial charge in [0.15, 0.2) is 15.7 Å². The third kappa shape index (κ3) is 4.04. The summed E-state index contributed by atoms with van der Waals surface area (Å²) in [7, 11) is -3.66. The monoisotopic (exact) mass is 363 g/mol. The van der Waals surface area contributed by atoms with Gasteiger partial charge in [0.25, 0.3) is 0 Å². The highest BCUT2D eigenvalue weighted by Crippen LogP contribution is 2.34. The number of sulfone groups is 1. The zero-order valence-corrected chi connectivity index (χ0v) is 15.1. The summed E-state index contributed by atoms with van der Waals surface area (Å²) in [5.41, 5.74) is 1.65. The molecule has 0 unspecified atom stereocenters. The maximum Gasteiger partial charge on any atom is 0.242 e. The highest BCUT2D eigenvalue weighted by molar-refractivity contribution is 7.91. The van der Waals surface area contributed by atoms with Crippen LogP contribution in [-0.4, -0.2) is 46.8 Å². The van der Waals surface area contributed by atoms with Crippen molar-refractivity contribution in [2.24, 2.45) is 0 Å². The quantitative estimate of drug-likeness (QED) is 0.735. The summed E-state index contributed by atoms with van der Waals surface area (Å²) in [6.07, 6.45) is 1.90. The number of rotatable bonds is 7. The summed E-state index contributed by atoms with van der Waals surface area (Å²) in [5, 5.41) is 11.2. The Bertz CT molecular complexity index is 873. The first-order valence-corrected chi connectivity index (χ1v) is 10.1. The van der Waals surface area contributed by atoms with E-state index in [0.717, 1.165) is 24.1 Å². The fourth-order valence-electron chi connectivity index (χ4n) is 2.77. The number of amides is 1. The lowest BCUT2D eigenvalue weighted by atomic mass is 10.2. The number of benzene rings is 1. The van der Waals surface area contributed by atoms with Gasteiger partial charge < -0.3 is 4.90 Å². The first-order valence-electron chi connectivity index (χ1n) is 8.24. The highest BCUT2D eigenvalue weighted by Gasteiger charge is 2.31. The van der Waals surface area contributed by atoms with E-state index in [2.05, 4.69) is 15.5 Å². The number of aryl methyl sites for hydroxylation is 1. The predicted molar refractivity (Wildman–Crippen MR) is 92.8 cm³/mol. The minimum Gasteiger partial charge on any atom is -0.312 e. The summed E-state index contributed by atoms with van der Waals surface area (Å²) in [6.45, 7) is 4.12. The number of para-hydroxylation sites is 1. The fourth-order valence-corrected chi connectivity index (χ4v) is 3.99. The molecule has 9 heteroatoms. The molecular weight excluding hydrogens is 342 g/mol. The Kier molecular flexibility index (Phi) is 4.85. The van der Waals surface area contributed by atoms with Crippen LogP contribution in [0.4, 0.5) is 5.69 Å². The molecule has 1 heterocycles. The average Bonchev–Trinajstić information content (AvgIpc) is 3.29. The third-order valence-corrected chi connectivity index (χ3v) is 5.55. The molecule has 0 bridgehead atoms. The average molecular weight is 363 g/mol. The Labute approximate surface area is 146 Å². The highest BCUT2D eigenvalue weighted by atomic mass is 32.2. The van der Waals surface area contributed by atoms with Gasteiger partial charge in [0.2, 0.25) is 5.91 Å². The van der Waals surface area contributed by atoms with Crippen molar-refractivity contribution >= 4 is 21.4 Å². The van der Waals surface area contributed by atoms with E-state index in [1.165, 1.54) is 4.90 Å². The third-order valence-electron chi connectivity index (χ3n) is 4.17. The molecule has 1 aliphatic carbocycles. The maximum absolute atomic E-state index is 12.6. The topological polar surface area (TPSA) is 98.1 Å². The van der Waals surface area contributed by atoms with Gasteiger partial charge in [-0.15, -0.1) is 5.10 Å². The molecule has 0 aliphatic heterocycles. The van der Waals surface area contributed by atoms with Gasteiger partial charge in [0.05, 0.1) is 6.04 Å². The molecule has 0 atom stereocenters. The molecule has 2 aromatic rings. The number of hydrogen-bond acceptors (Lipinski definition) is 6. The smallest absolute Gasteiger partial charge is 0.242 e. The van der Waals surface area contributed by atoms with Crippen LogP contribution in [0.25, 0.3) is 0 Å². The minimum atomic E-state index is -3.66. The van der Waals surface area contributed by atoms with Gasteiger partial charge in [-0.25, -0.2) is 13.1 Å². The SMILES string of the molecule is CCN(C(=O)CS(=O)(=O)Cc1nnnn1C1CC1)c1ccccc1C. The van der Waals surface area contributed by atoms with Crippen molar-refractivity contribution in [2.45, 2.75) is 38.5 Å². The van der Waals surface area contributed by atoms with Gasteiger partial charge in [-0.2, -0.15) is 0 Å². The number of carbonyl (C=O) groups is 1. The number of carbonyl (C=O) groups excluding carboxylic acids is 1. The van der Waals surface area contributed by atoms with Crippen molar-refractivity contribution in [3.8, 4) is 0 Å². The van der Waals surface area contributed by atoms with Gasteiger partial charge in [0, 0.05) is 12.2 Å². The second-order valence-electron chi connectivity index (χ2n) is 6.23. The minimum absolute atomic E-state index is 0.190. The lowest BCUT2D eigenvalue weighted by Gasteiger charge is -2.22. The van der Waals surface area contributed by atoms with Gasteiger partial charge in [-0.3, -0.25) is 4.79 Å². The molecule has 1 saturated carbocycles. The molecule has 0 N–H and O–H groups in total. The van der Waals surface area contributed by atoms with Crippen LogP contribution in [0.2, 0.25) is 0 Å². The largest absolute Gasteiger partial charge is 0.312 e.